The maximum absolute atomic E-state index is 5.35. The van der Waals surface area contributed by atoms with Crippen molar-refractivity contribution in [1.82, 2.24) is 9.55 Å². The highest BCUT2D eigenvalue weighted by Gasteiger charge is 1.92. The van der Waals surface area contributed by atoms with Crippen molar-refractivity contribution in [2.24, 2.45) is 7.05 Å². The maximum atomic E-state index is 5.35. The Morgan fingerprint density at radius 2 is 1.67 bits per heavy atom. The average molecular weight is 171 g/mol. The summed E-state index contributed by atoms with van der Waals surface area (Å²) < 4.78 is 1.88. The molecule has 72 valence electrons. The highest BCUT2D eigenvalue weighted by molar-refractivity contribution is 5.24. The molecule has 0 aliphatic rings. The van der Waals surface area contributed by atoms with Crippen LogP contribution in [-0.4, -0.2) is 9.55 Å². The van der Waals surface area contributed by atoms with Gasteiger partial charge in [0, 0.05) is 13.2 Å². The van der Waals surface area contributed by atoms with Gasteiger partial charge in [0.2, 0.25) is 0 Å². The Hall–Kier alpha value is -0.990. The molecule has 0 bridgehead atoms. The molecule has 0 radical (unpaired) electrons. The molecule has 0 saturated carbocycles. The van der Waals surface area contributed by atoms with E-state index < -0.39 is 0 Å². The molecule has 1 rings (SSSR count). The number of rotatable bonds is 0. The fraction of sp³-hybridized carbons (Fsp3) is 0.667. The van der Waals surface area contributed by atoms with Crippen LogP contribution in [0.15, 0.2) is 6.20 Å². The van der Waals surface area contributed by atoms with Gasteiger partial charge in [-0.3, -0.25) is 0 Å². The number of hydrogen-bond acceptors (Lipinski definition) is 2. The van der Waals surface area contributed by atoms with E-state index in [9.17, 15) is 0 Å². The largest absolute Gasteiger partial charge is 0.382 e. The third-order valence-electron chi connectivity index (χ3n) is 1.13. The summed E-state index contributed by atoms with van der Waals surface area (Å²) in [5.41, 5.74) is 5.35. The molecular formula is C9H21N3. The standard InChI is InChI=1S/C5H9N3.2C2H6/c1-4-7-5(6)3-8(4)2;2*1-2/h3H,6H2,1-2H3;2*1-2H3. The van der Waals surface area contributed by atoms with Crippen LogP contribution in [0.3, 0.4) is 0 Å². The fourth-order valence-corrected chi connectivity index (χ4v) is 0.586. The van der Waals surface area contributed by atoms with Gasteiger partial charge >= 0.3 is 0 Å². The summed E-state index contributed by atoms with van der Waals surface area (Å²) in [6.45, 7) is 9.91. The molecule has 0 atom stereocenters. The number of nitrogens with two attached hydrogens (primary N) is 1. The van der Waals surface area contributed by atoms with Crippen LogP contribution in [0.2, 0.25) is 0 Å². The summed E-state index contributed by atoms with van der Waals surface area (Å²) >= 11 is 0. The second-order valence-electron chi connectivity index (χ2n) is 1.82. The van der Waals surface area contributed by atoms with E-state index >= 15 is 0 Å². The van der Waals surface area contributed by atoms with Gasteiger partial charge in [-0.15, -0.1) is 0 Å². The van der Waals surface area contributed by atoms with Crippen molar-refractivity contribution in [1.29, 1.82) is 0 Å². The van der Waals surface area contributed by atoms with Crippen LogP contribution in [0.5, 0.6) is 0 Å². The number of imidazole rings is 1. The van der Waals surface area contributed by atoms with Gasteiger partial charge in [-0.25, -0.2) is 4.98 Å². The molecule has 0 spiro atoms. The lowest BCUT2D eigenvalue weighted by atomic mass is 10.7. The van der Waals surface area contributed by atoms with Gasteiger partial charge in [0.25, 0.3) is 0 Å². The third-order valence-corrected chi connectivity index (χ3v) is 1.13. The van der Waals surface area contributed by atoms with Gasteiger partial charge in [0.15, 0.2) is 0 Å². The first kappa shape index (κ1) is 13.6. The van der Waals surface area contributed by atoms with Crippen molar-refractivity contribution >= 4 is 5.82 Å². The van der Waals surface area contributed by atoms with Crippen molar-refractivity contribution in [3.63, 3.8) is 0 Å². The normalized spacial score (nSPS) is 7.50. The molecule has 2 N–H and O–H groups in total. The number of aryl methyl sites for hydroxylation is 2. The summed E-state index contributed by atoms with van der Waals surface area (Å²) in [6, 6.07) is 0. The second-order valence-corrected chi connectivity index (χ2v) is 1.82. The molecule has 3 heteroatoms. The molecule has 12 heavy (non-hydrogen) atoms. The van der Waals surface area contributed by atoms with Crippen LogP contribution in [0, 0.1) is 6.92 Å². The zero-order valence-corrected chi connectivity index (χ0v) is 9.05. The van der Waals surface area contributed by atoms with Gasteiger partial charge in [0.1, 0.15) is 11.6 Å². The maximum Gasteiger partial charge on any atom is 0.141 e. The van der Waals surface area contributed by atoms with Crippen LogP contribution in [0.4, 0.5) is 5.82 Å². The molecule has 0 amide bonds. The highest BCUT2D eigenvalue weighted by atomic mass is 15.1. The van der Waals surface area contributed by atoms with Crippen LogP contribution >= 0.6 is 0 Å². The average Bonchev–Trinajstić information content (AvgIpc) is 2.37. The molecule has 0 fully saturated rings. The van der Waals surface area contributed by atoms with Gasteiger partial charge < -0.3 is 10.3 Å². The minimum Gasteiger partial charge on any atom is -0.382 e. The Kier molecular flexibility index (Phi) is 9.18. The number of nitrogen functional groups attached to an aromatic ring is 1. The van der Waals surface area contributed by atoms with E-state index in [1.807, 2.05) is 46.2 Å². The second kappa shape index (κ2) is 8.11. The minimum atomic E-state index is 0.588. The molecule has 0 aliphatic carbocycles. The SMILES string of the molecule is CC.CC.Cc1nc(N)cn1C. The van der Waals surface area contributed by atoms with E-state index in [1.165, 1.54) is 0 Å². The Morgan fingerprint density at radius 1 is 1.25 bits per heavy atom. The number of nitrogens with zero attached hydrogens (tertiary/aromatic N) is 2. The number of hydrogen-bond donors (Lipinski definition) is 1. The Bertz CT molecular complexity index is 172. The first-order valence-electron chi connectivity index (χ1n) is 4.45. The van der Waals surface area contributed by atoms with Crippen LogP contribution in [-0.2, 0) is 7.05 Å². The molecule has 0 saturated heterocycles. The lowest BCUT2D eigenvalue weighted by molar-refractivity contribution is 0.858. The summed E-state index contributed by atoms with van der Waals surface area (Å²) in [5, 5.41) is 0. The molecule has 1 aromatic rings. The number of aromatic nitrogens is 2. The van der Waals surface area contributed by atoms with Gasteiger partial charge in [-0.2, -0.15) is 0 Å². The predicted molar refractivity (Wildman–Crippen MR) is 55.1 cm³/mol. The predicted octanol–water partition coefficient (Wildman–Crippen LogP) is 2.36. The highest BCUT2D eigenvalue weighted by Crippen LogP contribution is 1.98. The van der Waals surface area contributed by atoms with Gasteiger partial charge in [0.05, 0.1) is 0 Å². The first-order chi connectivity index (χ1) is 5.70. The molecule has 1 heterocycles. The van der Waals surface area contributed by atoms with Crippen molar-refractivity contribution < 1.29 is 0 Å². The van der Waals surface area contributed by atoms with E-state index in [1.54, 1.807) is 6.20 Å². The summed E-state index contributed by atoms with van der Waals surface area (Å²) in [7, 11) is 1.92. The van der Waals surface area contributed by atoms with E-state index in [4.69, 9.17) is 5.73 Å². The molecule has 0 unspecified atom stereocenters. The molecule has 0 aliphatic heterocycles. The topological polar surface area (TPSA) is 43.8 Å². The van der Waals surface area contributed by atoms with Gasteiger partial charge in [-0.05, 0) is 6.92 Å². The monoisotopic (exact) mass is 171 g/mol. The first-order valence-corrected chi connectivity index (χ1v) is 4.45. The number of anilines is 1. The Balaban J connectivity index is 0. The van der Waals surface area contributed by atoms with Crippen molar-refractivity contribution in [3.05, 3.63) is 12.0 Å². The van der Waals surface area contributed by atoms with Crippen LogP contribution in [0.1, 0.15) is 33.5 Å². The van der Waals surface area contributed by atoms with Crippen LogP contribution < -0.4 is 5.73 Å². The molecule has 1 aromatic heterocycles. The Labute approximate surface area is 75.6 Å². The van der Waals surface area contributed by atoms with Crippen molar-refractivity contribution in [2.45, 2.75) is 34.6 Å². The fourth-order valence-electron chi connectivity index (χ4n) is 0.586. The van der Waals surface area contributed by atoms with Crippen LogP contribution in [0.25, 0.3) is 0 Å². The molecule has 0 aromatic carbocycles. The van der Waals surface area contributed by atoms with Crippen molar-refractivity contribution in [3.8, 4) is 0 Å². The van der Waals surface area contributed by atoms with Crippen molar-refractivity contribution in [2.75, 3.05) is 5.73 Å². The molecule has 3 nitrogen and oxygen atoms in total. The quantitative estimate of drug-likeness (QED) is 0.651. The zero-order chi connectivity index (χ0) is 10.1. The van der Waals surface area contributed by atoms with E-state index in [0.29, 0.717) is 5.82 Å². The minimum absolute atomic E-state index is 0.588. The van der Waals surface area contributed by atoms with E-state index in [-0.39, 0.29) is 0 Å². The zero-order valence-electron chi connectivity index (χ0n) is 9.05. The lowest BCUT2D eigenvalue weighted by Gasteiger charge is -1.86. The third kappa shape index (κ3) is 4.77. The summed E-state index contributed by atoms with van der Waals surface area (Å²) in [6.07, 6.45) is 1.79. The lowest BCUT2D eigenvalue weighted by Crippen LogP contribution is -1.86. The van der Waals surface area contributed by atoms with E-state index in [2.05, 4.69) is 4.98 Å². The smallest absolute Gasteiger partial charge is 0.141 e. The summed E-state index contributed by atoms with van der Waals surface area (Å²) in [5.74, 6) is 1.53. The van der Waals surface area contributed by atoms with Gasteiger partial charge in [-0.1, -0.05) is 27.7 Å². The Morgan fingerprint density at radius 3 is 1.75 bits per heavy atom. The summed E-state index contributed by atoms with van der Waals surface area (Å²) in [4.78, 5) is 3.95. The van der Waals surface area contributed by atoms with E-state index in [0.717, 1.165) is 5.82 Å². The molecular weight excluding hydrogens is 150 g/mol.